The monoisotopic (exact) mass is 448 g/mol. The molecule has 1 saturated heterocycles. The largest absolute Gasteiger partial charge is 0.334 e. The van der Waals surface area contributed by atoms with E-state index in [1.807, 2.05) is 30.3 Å². The van der Waals surface area contributed by atoms with Gasteiger partial charge in [-0.1, -0.05) is 30.3 Å². The number of carbonyl (C=O) groups excluding carboxylic acids is 2. The third kappa shape index (κ3) is 6.58. The van der Waals surface area contributed by atoms with E-state index in [-0.39, 0.29) is 18.0 Å². The Morgan fingerprint density at radius 2 is 1.65 bits per heavy atom. The molecule has 3 amide bonds. The van der Waals surface area contributed by atoms with Crippen LogP contribution in [0.1, 0.15) is 12.0 Å². The summed E-state index contributed by atoms with van der Waals surface area (Å²) in [5, 5.41) is 4.92. The van der Waals surface area contributed by atoms with Gasteiger partial charge in [-0.15, -0.1) is 0 Å². The second-order valence-corrected chi connectivity index (χ2v) is 9.14. The lowest BCUT2D eigenvalue weighted by atomic mass is 10.2. The van der Waals surface area contributed by atoms with Gasteiger partial charge in [0.25, 0.3) is 0 Å². The Labute approximate surface area is 181 Å². The maximum Gasteiger partial charge on any atom is 0.321 e. The Bertz CT molecular complexity index is 1000. The summed E-state index contributed by atoms with van der Waals surface area (Å²) in [7, 11) is -3.73. The molecular weight excluding hydrogens is 423 g/mol. The van der Waals surface area contributed by atoms with E-state index in [1.165, 1.54) is 16.4 Å². The van der Waals surface area contributed by atoms with Crippen molar-refractivity contribution in [2.75, 3.05) is 32.7 Å². The molecule has 2 aromatic rings. The van der Waals surface area contributed by atoms with Crippen molar-refractivity contribution in [2.45, 2.75) is 17.9 Å². The van der Waals surface area contributed by atoms with Crippen molar-refractivity contribution in [1.29, 1.82) is 0 Å². The van der Waals surface area contributed by atoms with Crippen molar-refractivity contribution in [3.63, 3.8) is 0 Å². The molecule has 1 aliphatic heterocycles. The summed E-state index contributed by atoms with van der Waals surface area (Å²) in [6.07, 6.45) is 0.536. The summed E-state index contributed by atoms with van der Waals surface area (Å²) in [5.74, 6) is -0.958. The number of nitrogens with zero attached hydrogens (tertiary/aromatic N) is 2. The molecule has 0 aromatic heterocycles. The molecule has 1 aliphatic rings. The number of sulfonamides is 1. The van der Waals surface area contributed by atoms with Gasteiger partial charge in [-0.25, -0.2) is 17.6 Å². The lowest BCUT2D eigenvalue weighted by Crippen LogP contribution is -2.45. The number of hydrogen-bond donors (Lipinski definition) is 2. The molecule has 0 unspecified atom stereocenters. The summed E-state index contributed by atoms with van der Waals surface area (Å²) in [6.45, 7) is 1.67. The second-order valence-electron chi connectivity index (χ2n) is 7.20. The number of hydrogen-bond acceptors (Lipinski definition) is 5. The zero-order valence-electron chi connectivity index (χ0n) is 17.0. The second kappa shape index (κ2) is 10.5. The minimum absolute atomic E-state index is 0.0107. The van der Waals surface area contributed by atoms with E-state index >= 15 is 0 Å². The first-order valence-corrected chi connectivity index (χ1v) is 11.4. The molecule has 166 valence electrons. The van der Waals surface area contributed by atoms with E-state index in [1.54, 1.807) is 4.90 Å². The van der Waals surface area contributed by atoms with Crippen molar-refractivity contribution in [3.05, 3.63) is 66.0 Å². The van der Waals surface area contributed by atoms with E-state index in [9.17, 15) is 22.4 Å². The number of benzene rings is 2. The molecule has 1 heterocycles. The van der Waals surface area contributed by atoms with Crippen molar-refractivity contribution in [1.82, 2.24) is 19.8 Å². The van der Waals surface area contributed by atoms with Crippen LogP contribution in [0, 0.1) is 5.82 Å². The molecule has 0 radical (unpaired) electrons. The summed E-state index contributed by atoms with van der Waals surface area (Å²) >= 11 is 0. The molecule has 0 bridgehead atoms. The standard InChI is InChI=1S/C21H25FN4O4S/c22-18-7-9-19(10-8-18)31(29,30)26-12-4-11-25(13-14-26)16-20(27)24-21(28)23-15-17-5-2-1-3-6-17/h1-3,5-10H,4,11-16H2,(H2,23,24,27,28). The van der Waals surface area contributed by atoms with Gasteiger partial charge in [0.05, 0.1) is 11.4 Å². The Balaban J connectivity index is 1.47. The van der Waals surface area contributed by atoms with E-state index < -0.39 is 27.8 Å². The van der Waals surface area contributed by atoms with Crippen LogP contribution in [-0.2, 0) is 21.4 Å². The van der Waals surface area contributed by atoms with Crippen molar-refractivity contribution in [3.8, 4) is 0 Å². The number of halogens is 1. The fraction of sp³-hybridized carbons (Fsp3) is 0.333. The molecule has 31 heavy (non-hydrogen) atoms. The fourth-order valence-corrected chi connectivity index (χ4v) is 4.76. The Morgan fingerprint density at radius 3 is 2.35 bits per heavy atom. The lowest BCUT2D eigenvalue weighted by molar-refractivity contribution is -0.121. The number of imide groups is 1. The van der Waals surface area contributed by atoms with Crippen LogP contribution in [0.25, 0.3) is 0 Å². The highest BCUT2D eigenvalue weighted by atomic mass is 32.2. The molecule has 2 aromatic carbocycles. The quantitative estimate of drug-likeness (QED) is 0.699. The molecule has 2 N–H and O–H groups in total. The number of rotatable bonds is 6. The SMILES string of the molecule is O=C(CN1CCCN(S(=O)(=O)c2ccc(F)cc2)CC1)NC(=O)NCc1ccccc1. The van der Waals surface area contributed by atoms with Gasteiger partial charge >= 0.3 is 6.03 Å². The average Bonchev–Trinajstić information content (AvgIpc) is 2.99. The predicted molar refractivity (Wildman–Crippen MR) is 113 cm³/mol. The maximum atomic E-state index is 13.1. The van der Waals surface area contributed by atoms with E-state index in [2.05, 4.69) is 10.6 Å². The number of nitrogens with one attached hydrogen (secondary N) is 2. The first-order chi connectivity index (χ1) is 14.8. The first-order valence-electron chi connectivity index (χ1n) is 9.94. The van der Waals surface area contributed by atoms with Gasteiger partial charge in [-0.05, 0) is 42.8 Å². The summed E-state index contributed by atoms with van der Waals surface area (Å²) < 4.78 is 40.0. The highest BCUT2D eigenvalue weighted by Crippen LogP contribution is 2.18. The number of carbonyl (C=O) groups is 2. The molecule has 8 nitrogen and oxygen atoms in total. The summed E-state index contributed by atoms with van der Waals surface area (Å²) in [5.41, 5.74) is 0.917. The van der Waals surface area contributed by atoms with E-state index in [0.717, 1.165) is 17.7 Å². The normalized spacial score (nSPS) is 15.8. The zero-order chi connectivity index (χ0) is 22.3. The van der Waals surface area contributed by atoms with Crippen LogP contribution < -0.4 is 10.6 Å². The Kier molecular flexibility index (Phi) is 7.72. The smallest absolute Gasteiger partial charge is 0.321 e. The van der Waals surface area contributed by atoms with Crippen LogP contribution in [0.4, 0.5) is 9.18 Å². The topological polar surface area (TPSA) is 98.8 Å². The van der Waals surface area contributed by atoms with Crippen molar-refractivity contribution >= 4 is 22.0 Å². The third-order valence-electron chi connectivity index (χ3n) is 4.91. The molecule has 0 saturated carbocycles. The van der Waals surface area contributed by atoms with Gasteiger partial charge in [0, 0.05) is 26.2 Å². The van der Waals surface area contributed by atoms with Crippen LogP contribution in [0.2, 0.25) is 0 Å². The van der Waals surface area contributed by atoms with Crippen molar-refractivity contribution in [2.24, 2.45) is 0 Å². The van der Waals surface area contributed by atoms with Gasteiger partial charge in [0.2, 0.25) is 15.9 Å². The van der Waals surface area contributed by atoms with Crippen LogP contribution in [-0.4, -0.2) is 62.3 Å². The predicted octanol–water partition coefficient (Wildman–Crippen LogP) is 1.55. The van der Waals surface area contributed by atoms with Gasteiger partial charge < -0.3 is 5.32 Å². The van der Waals surface area contributed by atoms with E-state index in [0.29, 0.717) is 32.6 Å². The number of amides is 3. The molecule has 0 aliphatic carbocycles. The Hall–Kier alpha value is -2.82. The molecular formula is C21H25FN4O4S. The minimum atomic E-state index is -3.73. The molecule has 1 fully saturated rings. The van der Waals surface area contributed by atoms with Gasteiger partial charge in [-0.2, -0.15) is 4.31 Å². The van der Waals surface area contributed by atoms with Gasteiger partial charge in [0.1, 0.15) is 5.82 Å². The molecule has 0 spiro atoms. The van der Waals surface area contributed by atoms with Gasteiger partial charge in [0.15, 0.2) is 0 Å². The van der Waals surface area contributed by atoms with Crippen LogP contribution in [0.3, 0.4) is 0 Å². The maximum absolute atomic E-state index is 13.1. The highest BCUT2D eigenvalue weighted by Gasteiger charge is 2.27. The zero-order valence-corrected chi connectivity index (χ0v) is 17.8. The first kappa shape index (κ1) is 22.9. The van der Waals surface area contributed by atoms with Crippen LogP contribution in [0.15, 0.2) is 59.5 Å². The molecule has 3 rings (SSSR count). The molecule has 0 atom stereocenters. The highest BCUT2D eigenvalue weighted by molar-refractivity contribution is 7.89. The lowest BCUT2D eigenvalue weighted by Gasteiger charge is -2.21. The van der Waals surface area contributed by atoms with Crippen LogP contribution in [0.5, 0.6) is 0 Å². The minimum Gasteiger partial charge on any atom is -0.334 e. The third-order valence-corrected chi connectivity index (χ3v) is 6.83. The summed E-state index contributed by atoms with van der Waals surface area (Å²) in [6, 6.07) is 13.5. The number of urea groups is 1. The van der Waals surface area contributed by atoms with Crippen LogP contribution >= 0.6 is 0 Å². The van der Waals surface area contributed by atoms with E-state index in [4.69, 9.17) is 0 Å². The molecule has 10 heteroatoms. The average molecular weight is 449 g/mol. The fourth-order valence-electron chi connectivity index (χ4n) is 3.29. The Morgan fingerprint density at radius 1 is 0.935 bits per heavy atom. The van der Waals surface area contributed by atoms with Gasteiger partial charge in [-0.3, -0.25) is 15.0 Å². The summed E-state index contributed by atoms with van der Waals surface area (Å²) in [4.78, 5) is 26.0. The van der Waals surface area contributed by atoms with Crippen molar-refractivity contribution < 1.29 is 22.4 Å².